The smallest absolute Gasteiger partial charge is 0.406 e. The first-order chi connectivity index (χ1) is 15.8. The third-order valence-corrected chi connectivity index (χ3v) is 5.02. The molecule has 0 unspecified atom stereocenters. The van der Waals surface area contributed by atoms with Gasteiger partial charge in [-0.25, -0.2) is 4.98 Å². The number of nitrogens with one attached hydrogen (secondary N) is 1. The van der Waals surface area contributed by atoms with Crippen LogP contribution in [0, 0.1) is 6.92 Å². The second-order valence-corrected chi connectivity index (χ2v) is 7.48. The Balaban J connectivity index is 1.33. The van der Waals surface area contributed by atoms with Crippen molar-refractivity contribution in [2.75, 3.05) is 36.4 Å². The molecule has 172 valence electrons. The van der Waals surface area contributed by atoms with Crippen LogP contribution in [0.15, 0.2) is 54.7 Å². The van der Waals surface area contributed by atoms with E-state index in [2.05, 4.69) is 25.2 Å². The molecule has 3 aromatic rings. The highest BCUT2D eigenvalue weighted by molar-refractivity contribution is 5.94. The standard InChI is InChI=1S/C22H21F3N6O2/c1-15-5-6-18(26-14-15)27-19-7-8-20(29-28-19)30-9-11-31(12-10-30)21(32)16-3-2-4-17(13-16)33-22(23,24)25/h2-8,13-14H,9-12H2,1H3,(H,26,27,28). The summed E-state index contributed by atoms with van der Waals surface area (Å²) in [4.78, 5) is 20.6. The fourth-order valence-corrected chi connectivity index (χ4v) is 3.38. The number of anilines is 3. The number of halogens is 3. The number of amides is 1. The molecule has 0 saturated carbocycles. The van der Waals surface area contributed by atoms with Crippen molar-refractivity contribution >= 4 is 23.4 Å². The topological polar surface area (TPSA) is 83.5 Å². The third kappa shape index (κ3) is 5.88. The maximum absolute atomic E-state index is 12.7. The van der Waals surface area contributed by atoms with E-state index in [1.165, 1.54) is 12.1 Å². The van der Waals surface area contributed by atoms with E-state index in [1.807, 2.05) is 30.0 Å². The van der Waals surface area contributed by atoms with Gasteiger partial charge in [0.2, 0.25) is 0 Å². The van der Waals surface area contributed by atoms with Gasteiger partial charge >= 0.3 is 6.36 Å². The summed E-state index contributed by atoms with van der Waals surface area (Å²) in [5.74, 6) is 1.13. The van der Waals surface area contributed by atoms with Gasteiger partial charge in [0.25, 0.3) is 5.91 Å². The molecule has 0 atom stereocenters. The van der Waals surface area contributed by atoms with Gasteiger partial charge in [-0.1, -0.05) is 12.1 Å². The van der Waals surface area contributed by atoms with Crippen molar-refractivity contribution < 1.29 is 22.7 Å². The lowest BCUT2D eigenvalue weighted by atomic mass is 10.1. The number of nitrogens with zero attached hydrogens (tertiary/aromatic N) is 5. The second-order valence-electron chi connectivity index (χ2n) is 7.48. The molecule has 33 heavy (non-hydrogen) atoms. The van der Waals surface area contributed by atoms with Crippen LogP contribution in [-0.2, 0) is 0 Å². The summed E-state index contributed by atoms with van der Waals surface area (Å²) in [5, 5.41) is 11.5. The van der Waals surface area contributed by atoms with Gasteiger partial charge in [-0.15, -0.1) is 23.4 Å². The molecule has 8 nitrogen and oxygen atoms in total. The molecule has 1 aliphatic rings. The van der Waals surface area contributed by atoms with E-state index in [0.717, 1.165) is 17.7 Å². The zero-order chi connectivity index (χ0) is 23.4. The molecule has 11 heteroatoms. The highest BCUT2D eigenvalue weighted by atomic mass is 19.4. The summed E-state index contributed by atoms with van der Waals surface area (Å²) in [6, 6.07) is 12.5. The van der Waals surface area contributed by atoms with Gasteiger partial charge < -0.3 is 19.9 Å². The van der Waals surface area contributed by atoms with Crippen LogP contribution < -0.4 is 15.0 Å². The van der Waals surface area contributed by atoms with Gasteiger partial charge in [0.1, 0.15) is 11.6 Å². The Morgan fingerprint density at radius 1 is 1.00 bits per heavy atom. The summed E-state index contributed by atoms with van der Waals surface area (Å²) in [7, 11) is 0. The average Bonchev–Trinajstić information content (AvgIpc) is 2.80. The lowest BCUT2D eigenvalue weighted by Gasteiger charge is -2.35. The van der Waals surface area contributed by atoms with E-state index in [-0.39, 0.29) is 11.5 Å². The number of hydrogen-bond donors (Lipinski definition) is 1. The molecule has 2 aromatic heterocycles. The third-order valence-electron chi connectivity index (χ3n) is 5.02. The summed E-state index contributed by atoms with van der Waals surface area (Å²) >= 11 is 0. The SMILES string of the molecule is Cc1ccc(Nc2ccc(N3CCN(C(=O)c4cccc(OC(F)(F)F)c4)CC3)nn2)nc1. The van der Waals surface area contributed by atoms with Crippen LogP contribution in [0.3, 0.4) is 0 Å². The number of pyridine rings is 1. The molecule has 1 fully saturated rings. The maximum Gasteiger partial charge on any atom is 0.573 e. The van der Waals surface area contributed by atoms with Crippen molar-refractivity contribution in [3.05, 3.63) is 65.9 Å². The highest BCUT2D eigenvalue weighted by Crippen LogP contribution is 2.24. The van der Waals surface area contributed by atoms with Crippen LogP contribution in [0.2, 0.25) is 0 Å². The largest absolute Gasteiger partial charge is 0.573 e. The Morgan fingerprint density at radius 3 is 2.39 bits per heavy atom. The van der Waals surface area contributed by atoms with Crippen LogP contribution in [0.5, 0.6) is 5.75 Å². The van der Waals surface area contributed by atoms with Crippen molar-refractivity contribution in [3.63, 3.8) is 0 Å². The first-order valence-corrected chi connectivity index (χ1v) is 10.2. The Hall–Kier alpha value is -3.89. The number of hydrogen-bond acceptors (Lipinski definition) is 7. The van der Waals surface area contributed by atoms with Crippen molar-refractivity contribution in [2.45, 2.75) is 13.3 Å². The number of piperazine rings is 1. The van der Waals surface area contributed by atoms with E-state index in [4.69, 9.17) is 0 Å². The van der Waals surface area contributed by atoms with Crippen LogP contribution in [0.1, 0.15) is 15.9 Å². The number of carbonyl (C=O) groups is 1. The van der Waals surface area contributed by atoms with Crippen molar-refractivity contribution in [1.29, 1.82) is 0 Å². The van der Waals surface area contributed by atoms with E-state index in [1.54, 1.807) is 17.2 Å². The minimum Gasteiger partial charge on any atom is -0.406 e. The van der Waals surface area contributed by atoms with Gasteiger partial charge in [0.15, 0.2) is 11.6 Å². The minimum atomic E-state index is -4.81. The Labute approximate surface area is 188 Å². The van der Waals surface area contributed by atoms with Gasteiger partial charge in [-0.3, -0.25) is 4.79 Å². The average molecular weight is 458 g/mol. The zero-order valence-electron chi connectivity index (χ0n) is 17.7. The highest BCUT2D eigenvalue weighted by Gasteiger charge is 2.31. The predicted molar refractivity (Wildman–Crippen MR) is 116 cm³/mol. The molecule has 0 aliphatic carbocycles. The Bertz CT molecular complexity index is 1100. The van der Waals surface area contributed by atoms with Crippen molar-refractivity contribution in [2.24, 2.45) is 0 Å². The zero-order valence-corrected chi connectivity index (χ0v) is 17.7. The molecular formula is C22H21F3N6O2. The molecule has 1 amide bonds. The summed E-state index contributed by atoms with van der Waals surface area (Å²) in [6.07, 6.45) is -3.06. The Kier molecular flexibility index (Phi) is 6.29. The fraction of sp³-hybridized carbons (Fsp3) is 0.273. The molecule has 1 aliphatic heterocycles. The van der Waals surface area contributed by atoms with E-state index in [9.17, 15) is 18.0 Å². The maximum atomic E-state index is 12.7. The minimum absolute atomic E-state index is 0.144. The molecule has 0 spiro atoms. The first kappa shape index (κ1) is 22.3. The quantitative estimate of drug-likeness (QED) is 0.623. The van der Waals surface area contributed by atoms with E-state index >= 15 is 0 Å². The number of rotatable bonds is 5. The normalized spacial score (nSPS) is 14.2. The van der Waals surface area contributed by atoms with Gasteiger partial charge in [-0.05, 0) is 48.9 Å². The lowest BCUT2D eigenvalue weighted by molar-refractivity contribution is -0.274. The lowest BCUT2D eigenvalue weighted by Crippen LogP contribution is -2.49. The molecule has 1 N–H and O–H groups in total. The van der Waals surface area contributed by atoms with Crippen LogP contribution in [0.25, 0.3) is 0 Å². The summed E-state index contributed by atoms with van der Waals surface area (Å²) in [5.41, 5.74) is 1.20. The number of aryl methyl sites for hydroxylation is 1. The first-order valence-electron chi connectivity index (χ1n) is 10.2. The van der Waals surface area contributed by atoms with Gasteiger partial charge in [-0.2, -0.15) is 0 Å². The molecule has 4 rings (SSSR count). The monoisotopic (exact) mass is 458 g/mol. The Morgan fingerprint density at radius 2 is 1.76 bits per heavy atom. The second kappa shape index (κ2) is 9.31. The van der Waals surface area contributed by atoms with Crippen molar-refractivity contribution in [1.82, 2.24) is 20.1 Å². The number of alkyl halides is 3. The summed E-state index contributed by atoms with van der Waals surface area (Å²) < 4.78 is 41.2. The van der Waals surface area contributed by atoms with Gasteiger partial charge in [0.05, 0.1) is 0 Å². The van der Waals surface area contributed by atoms with E-state index in [0.29, 0.717) is 43.6 Å². The van der Waals surface area contributed by atoms with Gasteiger partial charge in [0, 0.05) is 37.9 Å². The summed E-state index contributed by atoms with van der Waals surface area (Å²) in [6.45, 7) is 3.80. The number of ether oxygens (including phenoxy) is 1. The van der Waals surface area contributed by atoms with Crippen molar-refractivity contribution in [3.8, 4) is 5.75 Å². The van der Waals surface area contributed by atoms with E-state index < -0.39 is 12.1 Å². The number of aromatic nitrogens is 3. The molecule has 0 bridgehead atoms. The van der Waals surface area contributed by atoms with Crippen LogP contribution in [-0.4, -0.2) is 58.5 Å². The molecular weight excluding hydrogens is 437 g/mol. The predicted octanol–water partition coefficient (Wildman–Crippen LogP) is 3.78. The number of carbonyl (C=O) groups excluding carboxylic acids is 1. The number of benzene rings is 1. The van der Waals surface area contributed by atoms with Crippen LogP contribution >= 0.6 is 0 Å². The molecule has 3 heterocycles. The van der Waals surface area contributed by atoms with Crippen LogP contribution in [0.4, 0.5) is 30.6 Å². The fourth-order valence-electron chi connectivity index (χ4n) is 3.38. The molecule has 1 saturated heterocycles. The molecule has 1 aromatic carbocycles. The molecule has 0 radical (unpaired) electrons.